The van der Waals surface area contributed by atoms with E-state index < -0.39 is 9.05 Å². The van der Waals surface area contributed by atoms with Crippen molar-refractivity contribution in [3.05, 3.63) is 24.0 Å². The maximum atomic E-state index is 11.2. The van der Waals surface area contributed by atoms with Crippen LogP contribution in [0.4, 0.5) is 0 Å². The van der Waals surface area contributed by atoms with Gasteiger partial charge in [0.15, 0.2) is 0 Å². The third-order valence-electron chi connectivity index (χ3n) is 2.51. The average molecular weight is 259 g/mol. The molecule has 0 aliphatic rings. The highest BCUT2D eigenvalue weighted by molar-refractivity contribution is 8.13. The van der Waals surface area contributed by atoms with Gasteiger partial charge in [-0.25, -0.2) is 13.4 Å². The zero-order valence-corrected chi connectivity index (χ0v) is 10.5. The van der Waals surface area contributed by atoms with Crippen LogP contribution in [-0.2, 0) is 15.6 Å². The van der Waals surface area contributed by atoms with Crippen LogP contribution in [-0.4, -0.2) is 18.0 Å². The Morgan fingerprint density at radius 1 is 1.44 bits per heavy atom. The van der Waals surface area contributed by atoms with E-state index in [0.717, 1.165) is 17.9 Å². The predicted molar refractivity (Wildman–Crippen MR) is 63.2 cm³/mol. The maximum Gasteiger partial charge on any atom is 0.261 e. The molecule has 0 aliphatic heterocycles. The molecular formula is C10H11ClN2O2S. The van der Waals surface area contributed by atoms with Gasteiger partial charge in [-0.1, -0.05) is 0 Å². The number of fused-ring (bicyclic) bond motifs is 1. The molecule has 6 heteroatoms. The van der Waals surface area contributed by atoms with E-state index in [9.17, 15) is 8.42 Å². The van der Waals surface area contributed by atoms with Crippen molar-refractivity contribution in [3.63, 3.8) is 0 Å². The van der Waals surface area contributed by atoms with Crippen LogP contribution in [0, 0.1) is 6.92 Å². The van der Waals surface area contributed by atoms with E-state index >= 15 is 0 Å². The lowest BCUT2D eigenvalue weighted by molar-refractivity contribution is 0.609. The number of rotatable bonds is 2. The number of halogens is 1. The minimum Gasteiger partial charge on any atom is -0.329 e. The molecule has 1 heterocycles. The molecule has 16 heavy (non-hydrogen) atoms. The highest BCUT2D eigenvalue weighted by atomic mass is 35.7. The van der Waals surface area contributed by atoms with Gasteiger partial charge in [-0.05, 0) is 32.0 Å². The first-order valence-corrected chi connectivity index (χ1v) is 7.16. The molecule has 2 rings (SSSR count). The van der Waals surface area contributed by atoms with Crippen molar-refractivity contribution < 1.29 is 8.42 Å². The van der Waals surface area contributed by atoms with Crippen LogP contribution in [0.3, 0.4) is 0 Å². The summed E-state index contributed by atoms with van der Waals surface area (Å²) in [6.07, 6.45) is 0. The Morgan fingerprint density at radius 3 is 2.69 bits per heavy atom. The van der Waals surface area contributed by atoms with Crippen molar-refractivity contribution in [3.8, 4) is 0 Å². The second-order valence-corrected chi connectivity index (χ2v) is 6.06. The summed E-state index contributed by atoms with van der Waals surface area (Å²) in [6.45, 7) is 4.70. The molecule has 86 valence electrons. The van der Waals surface area contributed by atoms with Gasteiger partial charge in [-0.15, -0.1) is 0 Å². The van der Waals surface area contributed by atoms with Crippen LogP contribution < -0.4 is 0 Å². The van der Waals surface area contributed by atoms with Crippen molar-refractivity contribution in [2.75, 3.05) is 0 Å². The molecule has 0 unspecified atom stereocenters. The molecule has 1 aromatic heterocycles. The summed E-state index contributed by atoms with van der Waals surface area (Å²) in [5.41, 5.74) is 1.57. The van der Waals surface area contributed by atoms with Crippen LogP contribution >= 0.6 is 10.7 Å². The monoisotopic (exact) mass is 258 g/mol. The Hall–Kier alpha value is -1.07. The SMILES string of the molecule is CCn1c(C)nc2cc(S(=O)(=O)Cl)ccc21. The van der Waals surface area contributed by atoms with Gasteiger partial charge < -0.3 is 4.57 Å². The van der Waals surface area contributed by atoms with E-state index in [2.05, 4.69) is 4.98 Å². The maximum absolute atomic E-state index is 11.2. The molecule has 0 radical (unpaired) electrons. The Kier molecular flexibility index (Phi) is 2.67. The molecule has 0 atom stereocenters. The Morgan fingerprint density at radius 2 is 2.12 bits per heavy atom. The number of imidazole rings is 1. The van der Waals surface area contributed by atoms with Gasteiger partial charge in [0.2, 0.25) is 0 Å². The number of aryl methyl sites for hydroxylation is 2. The van der Waals surface area contributed by atoms with Crippen molar-refractivity contribution in [1.82, 2.24) is 9.55 Å². The average Bonchev–Trinajstić information content (AvgIpc) is 2.50. The molecular weight excluding hydrogens is 248 g/mol. The number of hydrogen-bond acceptors (Lipinski definition) is 3. The molecule has 0 spiro atoms. The van der Waals surface area contributed by atoms with Gasteiger partial charge in [0.05, 0.1) is 15.9 Å². The highest BCUT2D eigenvalue weighted by Gasteiger charge is 2.13. The lowest BCUT2D eigenvalue weighted by Crippen LogP contribution is -1.96. The van der Waals surface area contributed by atoms with Crippen molar-refractivity contribution in [1.29, 1.82) is 0 Å². The normalized spacial score (nSPS) is 12.2. The van der Waals surface area contributed by atoms with Crippen LogP contribution in [0.15, 0.2) is 23.1 Å². The lowest BCUT2D eigenvalue weighted by Gasteiger charge is -2.01. The molecule has 0 saturated carbocycles. The molecule has 0 bridgehead atoms. The van der Waals surface area contributed by atoms with Gasteiger partial charge >= 0.3 is 0 Å². The van der Waals surface area contributed by atoms with E-state index in [1.807, 2.05) is 18.4 Å². The topological polar surface area (TPSA) is 52.0 Å². The molecule has 4 nitrogen and oxygen atoms in total. The first-order valence-electron chi connectivity index (χ1n) is 4.85. The predicted octanol–water partition coefficient (Wildman–Crippen LogP) is 2.29. The minimum atomic E-state index is -3.68. The molecule has 1 aromatic carbocycles. The fourth-order valence-corrected chi connectivity index (χ4v) is 2.55. The second kappa shape index (κ2) is 3.75. The lowest BCUT2D eigenvalue weighted by atomic mass is 10.3. The van der Waals surface area contributed by atoms with Crippen LogP contribution in [0.1, 0.15) is 12.7 Å². The standard InChI is InChI=1S/C10H11ClN2O2S/c1-3-13-7(2)12-9-6-8(16(11,14)15)4-5-10(9)13/h4-6H,3H2,1-2H3. The van der Waals surface area contributed by atoms with Gasteiger partial charge in [0.25, 0.3) is 9.05 Å². The highest BCUT2D eigenvalue weighted by Crippen LogP contribution is 2.22. The first-order chi connectivity index (χ1) is 7.43. The van der Waals surface area contributed by atoms with Gasteiger partial charge in [0.1, 0.15) is 5.82 Å². The number of benzene rings is 1. The molecule has 0 N–H and O–H groups in total. The van der Waals surface area contributed by atoms with Crippen molar-refractivity contribution in [2.24, 2.45) is 0 Å². The molecule has 0 aliphatic carbocycles. The summed E-state index contributed by atoms with van der Waals surface area (Å²) in [5.74, 6) is 0.863. The molecule has 0 amide bonds. The van der Waals surface area contributed by atoms with E-state index in [1.54, 1.807) is 6.07 Å². The second-order valence-electron chi connectivity index (χ2n) is 3.49. The van der Waals surface area contributed by atoms with Gasteiger partial charge in [-0.2, -0.15) is 0 Å². The van der Waals surface area contributed by atoms with Crippen LogP contribution in [0.25, 0.3) is 11.0 Å². The Balaban J connectivity index is 2.74. The summed E-state index contributed by atoms with van der Waals surface area (Å²) < 4.78 is 24.4. The molecule has 0 fully saturated rings. The van der Waals surface area contributed by atoms with Crippen molar-refractivity contribution >= 4 is 30.8 Å². The number of aromatic nitrogens is 2. The van der Waals surface area contributed by atoms with Gasteiger partial charge in [-0.3, -0.25) is 0 Å². The largest absolute Gasteiger partial charge is 0.329 e. The molecule has 0 saturated heterocycles. The smallest absolute Gasteiger partial charge is 0.261 e. The summed E-state index contributed by atoms with van der Waals surface area (Å²) >= 11 is 0. The van der Waals surface area contributed by atoms with E-state index in [4.69, 9.17) is 10.7 Å². The first kappa shape index (κ1) is 11.4. The zero-order valence-electron chi connectivity index (χ0n) is 8.94. The van der Waals surface area contributed by atoms with Crippen LogP contribution in [0.5, 0.6) is 0 Å². The van der Waals surface area contributed by atoms with E-state index in [-0.39, 0.29) is 4.90 Å². The third-order valence-corrected chi connectivity index (χ3v) is 3.86. The van der Waals surface area contributed by atoms with Gasteiger partial charge in [0, 0.05) is 17.2 Å². The number of nitrogens with zero attached hydrogens (tertiary/aromatic N) is 2. The molecule has 2 aromatic rings. The zero-order chi connectivity index (χ0) is 11.9. The quantitative estimate of drug-likeness (QED) is 0.777. The fraction of sp³-hybridized carbons (Fsp3) is 0.300. The van der Waals surface area contributed by atoms with E-state index in [1.165, 1.54) is 12.1 Å². The minimum absolute atomic E-state index is 0.0856. The van der Waals surface area contributed by atoms with Crippen molar-refractivity contribution in [2.45, 2.75) is 25.3 Å². The summed E-state index contributed by atoms with van der Waals surface area (Å²) in [4.78, 5) is 4.38. The third kappa shape index (κ3) is 1.81. The Labute approximate surface area is 98.3 Å². The Bertz CT molecular complexity index is 646. The summed E-state index contributed by atoms with van der Waals surface area (Å²) in [5, 5.41) is 0. The van der Waals surface area contributed by atoms with Crippen LogP contribution in [0.2, 0.25) is 0 Å². The fourth-order valence-electron chi connectivity index (χ4n) is 1.78. The number of hydrogen-bond donors (Lipinski definition) is 0. The summed E-state index contributed by atoms with van der Waals surface area (Å²) in [6, 6.07) is 4.73. The summed E-state index contributed by atoms with van der Waals surface area (Å²) in [7, 11) is 1.60. The van der Waals surface area contributed by atoms with E-state index in [0.29, 0.717) is 5.52 Å².